The maximum atomic E-state index is 12.9. The van der Waals surface area contributed by atoms with Gasteiger partial charge in [-0.05, 0) is 128 Å². The highest BCUT2D eigenvalue weighted by Gasteiger charge is 2.56. The van der Waals surface area contributed by atoms with E-state index >= 15 is 0 Å². The summed E-state index contributed by atoms with van der Waals surface area (Å²) >= 11 is 0. The minimum absolute atomic E-state index is 0.0110. The molecule has 222 valence electrons. The van der Waals surface area contributed by atoms with Gasteiger partial charge in [0, 0.05) is 5.41 Å². The summed E-state index contributed by atoms with van der Waals surface area (Å²) in [4.78, 5) is 25.8. The molecule has 6 nitrogen and oxygen atoms in total. The van der Waals surface area contributed by atoms with Gasteiger partial charge in [-0.2, -0.15) is 10.2 Å². The Kier molecular flexibility index (Phi) is 7.59. The van der Waals surface area contributed by atoms with Crippen molar-refractivity contribution in [2.24, 2.45) is 27.5 Å². The van der Waals surface area contributed by atoms with E-state index in [0.29, 0.717) is 40.3 Å². The summed E-state index contributed by atoms with van der Waals surface area (Å²) in [6, 6.07) is 32.0. The number of azo groups is 1. The van der Waals surface area contributed by atoms with Gasteiger partial charge in [0.15, 0.2) is 0 Å². The Morgan fingerprint density at radius 1 is 0.727 bits per heavy atom. The summed E-state index contributed by atoms with van der Waals surface area (Å²) in [5, 5.41) is 8.47. The number of aryl methyl sites for hydroxylation is 1. The van der Waals surface area contributed by atoms with Gasteiger partial charge in [-0.25, -0.2) is 9.59 Å². The Labute approximate surface area is 258 Å². The van der Waals surface area contributed by atoms with Crippen LogP contribution in [-0.2, 0) is 11.2 Å². The Bertz CT molecular complexity index is 1690. The number of nitrogens with zero attached hydrogens (tertiary/aromatic N) is 2. The molecule has 0 radical (unpaired) electrons. The van der Waals surface area contributed by atoms with Crippen LogP contribution in [0.2, 0.25) is 0 Å². The molecule has 7 rings (SSSR count). The van der Waals surface area contributed by atoms with E-state index in [1.807, 2.05) is 66.7 Å². The first-order valence-electron chi connectivity index (χ1n) is 15.7. The molecule has 0 heterocycles. The molecule has 2 saturated carbocycles. The lowest BCUT2D eigenvalue weighted by molar-refractivity contribution is -0.0427. The molecule has 3 aliphatic carbocycles. The van der Waals surface area contributed by atoms with E-state index < -0.39 is 0 Å². The smallest absolute Gasteiger partial charge is 0.343 e. The number of ether oxygens (including phenoxy) is 2. The van der Waals surface area contributed by atoms with Crippen molar-refractivity contribution < 1.29 is 19.1 Å². The number of carbonyl (C=O) groups is 2. The van der Waals surface area contributed by atoms with Crippen LogP contribution in [0.4, 0.5) is 11.4 Å². The van der Waals surface area contributed by atoms with Crippen LogP contribution >= 0.6 is 0 Å². The molecule has 5 atom stereocenters. The molecule has 0 bridgehead atoms. The number of carbonyl (C=O) groups excluding carboxylic acids is 2. The third-order valence-electron chi connectivity index (χ3n) is 10.2. The van der Waals surface area contributed by atoms with E-state index in [0.717, 1.165) is 44.2 Å². The highest BCUT2D eigenvalue weighted by atomic mass is 16.5. The average Bonchev–Trinajstić information content (AvgIpc) is 3.40. The van der Waals surface area contributed by atoms with Crippen LogP contribution in [0, 0.1) is 17.3 Å². The zero-order chi connectivity index (χ0) is 30.1. The third kappa shape index (κ3) is 5.45. The molecule has 2 fully saturated rings. The second-order valence-electron chi connectivity index (χ2n) is 12.6. The van der Waals surface area contributed by atoms with Gasteiger partial charge in [0.05, 0.1) is 22.5 Å². The second kappa shape index (κ2) is 11.8. The Morgan fingerprint density at radius 2 is 1.41 bits per heavy atom. The minimum atomic E-state index is -0.388. The summed E-state index contributed by atoms with van der Waals surface area (Å²) in [6.45, 7) is 2.35. The van der Waals surface area contributed by atoms with E-state index in [4.69, 9.17) is 9.47 Å². The first-order chi connectivity index (χ1) is 21.5. The Balaban J connectivity index is 0.999. The fourth-order valence-electron chi connectivity index (χ4n) is 7.98. The minimum Gasteiger partial charge on any atom is -0.458 e. The summed E-state index contributed by atoms with van der Waals surface area (Å²) < 4.78 is 12.0. The van der Waals surface area contributed by atoms with Gasteiger partial charge in [-0.15, -0.1) is 0 Å². The molecule has 5 unspecified atom stereocenters. The monoisotopic (exact) mass is 584 g/mol. The van der Waals surface area contributed by atoms with E-state index in [1.54, 1.807) is 24.3 Å². The van der Waals surface area contributed by atoms with Crippen LogP contribution in [0.5, 0.6) is 5.75 Å². The number of fused-ring (bicyclic) bond motifs is 5. The molecule has 0 saturated heterocycles. The van der Waals surface area contributed by atoms with Crippen molar-refractivity contribution in [3.8, 4) is 5.75 Å². The zero-order valence-corrected chi connectivity index (χ0v) is 24.9. The van der Waals surface area contributed by atoms with Gasteiger partial charge in [-0.3, -0.25) is 0 Å². The Morgan fingerprint density at radius 3 is 2.16 bits per heavy atom. The molecular weight excluding hydrogens is 548 g/mol. The van der Waals surface area contributed by atoms with Gasteiger partial charge >= 0.3 is 11.9 Å². The second-order valence-corrected chi connectivity index (χ2v) is 12.6. The highest BCUT2D eigenvalue weighted by molar-refractivity contribution is 5.91. The Hall–Kier alpha value is -4.58. The number of rotatable bonds is 6. The molecule has 6 heteroatoms. The van der Waals surface area contributed by atoms with Crippen LogP contribution < -0.4 is 4.74 Å². The molecule has 0 N–H and O–H groups in total. The number of esters is 2. The molecular formula is C38H36N2O4. The average molecular weight is 585 g/mol. The highest BCUT2D eigenvalue weighted by Crippen LogP contribution is 2.61. The van der Waals surface area contributed by atoms with E-state index in [-0.39, 0.29) is 23.5 Å². The van der Waals surface area contributed by atoms with E-state index in [9.17, 15) is 9.59 Å². The van der Waals surface area contributed by atoms with Crippen molar-refractivity contribution in [2.75, 3.05) is 0 Å². The van der Waals surface area contributed by atoms with Crippen LogP contribution in [0.3, 0.4) is 0 Å². The molecule has 3 aliphatic rings. The quantitative estimate of drug-likeness (QED) is 0.128. The van der Waals surface area contributed by atoms with Crippen LogP contribution in [0.25, 0.3) is 0 Å². The number of hydrogen-bond acceptors (Lipinski definition) is 6. The standard InChI is InChI=1S/C38H36N2O4/c1-38-23-22-32-31-19-17-30(43-36(41)26-12-15-29(16-13-26)40-39-28-10-6-3-7-11-28)24-27(31)14-18-33(32)34(38)20-21-35(38)44-37(42)25-8-4-2-5-9-25/h2-13,15-17,19,24,32-35H,14,18,20-23H2,1H3. The maximum Gasteiger partial charge on any atom is 0.343 e. The lowest BCUT2D eigenvalue weighted by Gasteiger charge is -2.50. The van der Waals surface area contributed by atoms with E-state index in [1.165, 1.54) is 11.1 Å². The normalized spacial score (nSPS) is 25.5. The molecule has 0 aromatic heterocycles. The largest absolute Gasteiger partial charge is 0.458 e. The molecule has 44 heavy (non-hydrogen) atoms. The first kappa shape index (κ1) is 28.2. The van der Waals surface area contributed by atoms with Gasteiger partial charge < -0.3 is 9.47 Å². The van der Waals surface area contributed by atoms with Crippen LogP contribution in [-0.4, -0.2) is 18.0 Å². The van der Waals surface area contributed by atoms with Gasteiger partial charge in [0.1, 0.15) is 11.9 Å². The van der Waals surface area contributed by atoms with E-state index in [2.05, 4.69) is 29.3 Å². The summed E-state index contributed by atoms with van der Waals surface area (Å²) in [5.41, 5.74) is 5.21. The van der Waals surface area contributed by atoms with Crippen LogP contribution in [0.1, 0.15) is 76.8 Å². The third-order valence-corrected chi connectivity index (χ3v) is 10.2. The van der Waals surface area contributed by atoms with Crippen molar-refractivity contribution in [3.63, 3.8) is 0 Å². The summed E-state index contributed by atoms with van der Waals surface area (Å²) in [5.74, 6) is 1.58. The molecule has 0 aliphatic heterocycles. The molecule has 4 aromatic carbocycles. The fourth-order valence-corrected chi connectivity index (χ4v) is 7.98. The van der Waals surface area contributed by atoms with Gasteiger partial charge in [0.25, 0.3) is 0 Å². The van der Waals surface area contributed by atoms with Crippen molar-refractivity contribution in [1.82, 2.24) is 0 Å². The fraction of sp³-hybridized carbons (Fsp3) is 0.316. The van der Waals surface area contributed by atoms with Crippen molar-refractivity contribution in [2.45, 2.75) is 57.5 Å². The predicted octanol–water partition coefficient (Wildman–Crippen LogP) is 9.40. The number of benzene rings is 4. The first-order valence-corrected chi connectivity index (χ1v) is 15.7. The van der Waals surface area contributed by atoms with Crippen molar-refractivity contribution >= 4 is 23.3 Å². The summed E-state index contributed by atoms with van der Waals surface area (Å²) in [7, 11) is 0. The van der Waals surface area contributed by atoms with Crippen molar-refractivity contribution in [3.05, 3.63) is 125 Å². The van der Waals surface area contributed by atoms with Crippen LogP contribution in [0.15, 0.2) is 113 Å². The van der Waals surface area contributed by atoms with Gasteiger partial charge in [-0.1, -0.05) is 49.4 Å². The predicted molar refractivity (Wildman–Crippen MR) is 169 cm³/mol. The lowest BCUT2D eigenvalue weighted by atomic mass is 9.55. The lowest BCUT2D eigenvalue weighted by Crippen LogP contribution is -2.45. The molecule has 0 spiro atoms. The number of hydrogen-bond donors (Lipinski definition) is 0. The zero-order valence-electron chi connectivity index (χ0n) is 24.9. The SMILES string of the molecule is CC12CCC3c4ccc(OC(=O)c5ccc(N=Nc6ccccc6)cc5)cc4CCC3C1CCC2OC(=O)c1ccccc1. The molecule has 0 amide bonds. The van der Waals surface area contributed by atoms with Gasteiger partial charge in [0.2, 0.25) is 0 Å². The maximum absolute atomic E-state index is 12.9. The topological polar surface area (TPSA) is 77.3 Å². The molecule has 4 aromatic rings. The van der Waals surface area contributed by atoms with Crippen molar-refractivity contribution in [1.29, 1.82) is 0 Å². The summed E-state index contributed by atoms with van der Waals surface area (Å²) in [6.07, 6.45) is 6.19.